The van der Waals surface area contributed by atoms with Crippen molar-refractivity contribution in [2.75, 3.05) is 26.2 Å². The largest absolute Gasteiger partial charge is 0.756 e. The SMILES string of the molecule is O.O.O=P1([O-])OP(=O)([O-])OP(=O)([O-])OP(=O)([O-])O1.[NH3+]CCCCCC[NH3+].[NH3+]CCCCCC[NH3+]. The lowest BCUT2D eigenvalue weighted by molar-refractivity contribution is -0.371. The second kappa shape index (κ2) is 21.4. The molecule has 1 rings (SSSR count). The lowest BCUT2D eigenvalue weighted by Crippen LogP contribution is -2.50. The molecule has 0 atom stereocenters. The lowest BCUT2D eigenvalue weighted by Gasteiger charge is -2.41. The first-order valence-corrected chi connectivity index (χ1v) is 15.8. The summed E-state index contributed by atoms with van der Waals surface area (Å²) in [5.74, 6) is 0. The van der Waals surface area contributed by atoms with E-state index in [2.05, 4.69) is 40.2 Å². The highest BCUT2D eigenvalue weighted by molar-refractivity contribution is 7.73. The van der Waals surface area contributed by atoms with Crippen molar-refractivity contribution in [2.45, 2.75) is 51.4 Å². The van der Waals surface area contributed by atoms with E-state index in [1.165, 1.54) is 51.4 Å². The van der Waals surface area contributed by atoms with Crippen molar-refractivity contribution in [2.24, 2.45) is 0 Å². The maximum absolute atomic E-state index is 10.6. The van der Waals surface area contributed by atoms with Gasteiger partial charge >= 0.3 is 0 Å². The third kappa shape index (κ3) is 27.0. The molecule has 0 bridgehead atoms. The minimum Gasteiger partial charge on any atom is -0.756 e. The average Bonchev–Trinajstić information content (AvgIpc) is 2.58. The number of hydrogen-bond acceptors (Lipinski definition) is 12. The molecule has 212 valence electrons. The summed E-state index contributed by atoms with van der Waals surface area (Å²) < 4.78 is 54.5. The van der Waals surface area contributed by atoms with Crippen molar-refractivity contribution >= 4 is 31.3 Å². The summed E-state index contributed by atoms with van der Waals surface area (Å²) in [6, 6.07) is 0. The van der Waals surface area contributed by atoms with Gasteiger partial charge in [0.1, 0.15) is 0 Å². The van der Waals surface area contributed by atoms with Gasteiger partial charge in [-0.1, -0.05) is 0 Å². The van der Waals surface area contributed by atoms with Crippen molar-refractivity contribution in [3.63, 3.8) is 0 Å². The van der Waals surface area contributed by atoms with Gasteiger partial charge in [-0.3, -0.25) is 18.3 Å². The van der Waals surface area contributed by atoms with Gasteiger partial charge in [0.15, 0.2) is 0 Å². The van der Waals surface area contributed by atoms with Crippen LogP contribution >= 0.6 is 31.3 Å². The van der Waals surface area contributed by atoms with Crippen LogP contribution in [0.1, 0.15) is 51.4 Å². The highest BCUT2D eigenvalue weighted by atomic mass is 31.3. The third-order valence-electron chi connectivity index (χ3n) is 3.30. The molecule has 0 radical (unpaired) electrons. The molecule has 1 saturated heterocycles. The van der Waals surface area contributed by atoms with Gasteiger partial charge in [-0.2, -0.15) is 0 Å². The first-order chi connectivity index (χ1) is 14.7. The first kappa shape index (κ1) is 41.5. The molecular formula is C12H40N4O14P4. The summed E-state index contributed by atoms with van der Waals surface area (Å²) in [5.41, 5.74) is 15.1. The van der Waals surface area contributed by atoms with Crippen molar-refractivity contribution in [3.8, 4) is 0 Å². The van der Waals surface area contributed by atoms with Crippen LogP contribution in [0.3, 0.4) is 0 Å². The van der Waals surface area contributed by atoms with E-state index in [1.807, 2.05) is 0 Å². The van der Waals surface area contributed by atoms with Gasteiger partial charge in [-0.25, -0.2) is 17.2 Å². The molecule has 0 aromatic rings. The molecule has 16 N–H and O–H groups in total. The summed E-state index contributed by atoms with van der Waals surface area (Å²) in [7, 11) is -23.5. The predicted molar refractivity (Wildman–Crippen MR) is 110 cm³/mol. The average molecular weight is 588 g/mol. The van der Waals surface area contributed by atoms with E-state index in [-0.39, 0.29) is 11.0 Å². The number of unbranched alkanes of at least 4 members (excludes halogenated alkanes) is 6. The highest BCUT2D eigenvalue weighted by Gasteiger charge is 2.35. The van der Waals surface area contributed by atoms with Crippen molar-refractivity contribution < 1.29 is 89.0 Å². The molecule has 0 amide bonds. The maximum atomic E-state index is 10.6. The van der Waals surface area contributed by atoms with Gasteiger partial charge in [0.2, 0.25) is 0 Å². The van der Waals surface area contributed by atoms with Gasteiger partial charge in [0.25, 0.3) is 31.3 Å². The van der Waals surface area contributed by atoms with E-state index in [4.69, 9.17) is 0 Å². The quantitative estimate of drug-likeness (QED) is 0.137. The van der Waals surface area contributed by atoms with Crippen LogP contribution < -0.4 is 42.5 Å². The fraction of sp³-hybridized carbons (Fsp3) is 1.00. The molecule has 1 aliphatic rings. The Kier molecular flexibility index (Phi) is 26.2. The van der Waals surface area contributed by atoms with Crippen LogP contribution in [0.4, 0.5) is 0 Å². The van der Waals surface area contributed by atoms with Crippen LogP contribution in [0.15, 0.2) is 0 Å². The second-order valence-electron chi connectivity index (χ2n) is 6.36. The van der Waals surface area contributed by atoms with E-state index >= 15 is 0 Å². The Morgan fingerprint density at radius 2 is 0.559 bits per heavy atom. The van der Waals surface area contributed by atoms with Crippen LogP contribution in [-0.2, 0) is 35.5 Å². The molecule has 22 heteroatoms. The van der Waals surface area contributed by atoms with Crippen molar-refractivity contribution in [1.82, 2.24) is 0 Å². The van der Waals surface area contributed by atoms with Crippen LogP contribution in [0.5, 0.6) is 0 Å². The molecule has 1 aliphatic heterocycles. The van der Waals surface area contributed by atoms with Crippen molar-refractivity contribution in [3.05, 3.63) is 0 Å². The molecule has 1 heterocycles. The normalized spacial score (nSPS) is 30.6. The maximum Gasteiger partial charge on any atom is 0.280 e. The van der Waals surface area contributed by atoms with E-state index < -0.39 is 31.3 Å². The van der Waals surface area contributed by atoms with Gasteiger partial charge in [0.05, 0.1) is 26.2 Å². The zero-order valence-corrected chi connectivity index (χ0v) is 22.6. The minimum absolute atomic E-state index is 0. The zero-order chi connectivity index (χ0) is 25.3. The summed E-state index contributed by atoms with van der Waals surface area (Å²) in [6.45, 7) is 4.38. The van der Waals surface area contributed by atoms with E-state index in [0.29, 0.717) is 0 Å². The van der Waals surface area contributed by atoms with Gasteiger partial charge in [0, 0.05) is 0 Å². The zero-order valence-electron chi connectivity index (χ0n) is 19.0. The molecule has 0 spiro atoms. The lowest BCUT2D eigenvalue weighted by atomic mass is 10.2. The minimum atomic E-state index is -5.87. The summed E-state index contributed by atoms with van der Waals surface area (Å²) in [5, 5.41) is 0. The van der Waals surface area contributed by atoms with Crippen LogP contribution in [0.2, 0.25) is 0 Å². The summed E-state index contributed by atoms with van der Waals surface area (Å²) in [4.78, 5) is 42.2. The van der Waals surface area contributed by atoms with Gasteiger partial charge < -0.3 is 53.5 Å². The van der Waals surface area contributed by atoms with Gasteiger partial charge in [-0.05, 0) is 51.4 Å². The van der Waals surface area contributed by atoms with Crippen molar-refractivity contribution in [1.29, 1.82) is 0 Å². The molecule has 1 fully saturated rings. The molecule has 0 saturated carbocycles. The Balaban J connectivity index is -0.000000214. The molecule has 34 heavy (non-hydrogen) atoms. The number of phosphoric acid groups is 4. The Morgan fingerprint density at radius 3 is 0.676 bits per heavy atom. The number of quaternary nitrogens is 4. The highest BCUT2D eigenvalue weighted by Crippen LogP contribution is 2.73. The first-order valence-electron chi connectivity index (χ1n) is 9.92. The molecule has 0 aromatic carbocycles. The number of rotatable bonds is 10. The fourth-order valence-corrected chi connectivity index (χ4v) is 7.43. The summed E-state index contributed by atoms with van der Waals surface area (Å²) >= 11 is 0. The van der Waals surface area contributed by atoms with E-state index in [1.54, 1.807) is 0 Å². The number of hydrogen-bond donors (Lipinski definition) is 4. The Hall–Kier alpha value is 0.360. The summed E-state index contributed by atoms with van der Waals surface area (Å²) in [6.07, 6.45) is 10.6. The molecule has 18 nitrogen and oxygen atoms in total. The second-order valence-corrected chi connectivity index (χ2v) is 12.5. The molecule has 0 aliphatic carbocycles. The van der Waals surface area contributed by atoms with E-state index in [9.17, 15) is 37.8 Å². The van der Waals surface area contributed by atoms with Crippen LogP contribution in [0.25, 0.3) is 0 Å². The Morgan fingerprint density at radius 1 is 0.412 bits per heavy atom. The predicted octanol–water partition coefficient (Wildman–Crippen LogP) is -5.65. The molecular weight excluding hydrogens is 548 g/mol. The fourth-order valence-electron chi connectivity index (χ4n) is 1.96. The van der Waals surface area contributed by atoms with E-state index in [0.717, 1.165) is 26.2 Å². The smallest absolute Gasteiger partial charge is 0.280 e. The van der Waals surface area contributed by atoms with Gasteiger partial charge in [-0.15, -0.1) is 0 Å². The molecule has 0 aromatic heterocycles. The standard InChI is InChI=1S/2C6H16N2.H4O12P4.2H2O/c2*7-5-3-1-2-4-6-8;1-13(2)9-14(3,4)11-16(7,8)12-15(5,6)10-13;;/h2*1-8H2;(H,1,2)(H,3,4)(H,5,6)(H,7,8);2*1H2. The third-order valence-corrected chi connectivity index (χ3v) is 9.70. The Labute approximate surface area is 198 Å². The topological polar surface area (TPSA) is 371 Å². The van der Waals surface area contributed by atoms with Crippen LogP contribution in [-0.4, -0.2) is 37.1 Å². The monoisotopic (exact) mass is 588 g/mol. The van der Waals surface area contributed by atoms with Crippen LogP contribution in [0, 0.1) is 0 Å². The Bertz CT molecular complexity index is 551. The molecule has 0 unspecified atom stereocenters.